The molecule has 23 heavy (non-hydrogen) atoms. The number of nitrogens with zero attached hydrogens (tertiary/aromatic N) is 2. The van der Waals surface area contributed by atoms with E-state index in [-0.39, 0.29) is 18.0 Å². The fourth-order valence-electron chi connectivity index (χ4n) is 3.09. The minimum Gasteiger partial charge on any atom is -0.450 e. The van der Waals surface area contributed by atoms with Gasteiger partial charge in [-0.3, -0.25) is 9.89 Å². The van der Waals surface area contributed by atoms with Gasteiger partial charge in [-0.15, -0.1) is 0 Å². The Kier molecular flexibility index (Phi) is 4.80. The van der Waals surface area contributed by atoms with E-state index < -0.39 is 0 Å². The summed E-state index contributed by atoms with van der Waals surface area (Å²) >= 11 is 0. The van der Waals surface area contributed by atoms with Crippen molar-refractivity contribution >= 4 is 12.0 Å². The molecule has 0 aliphatic carbocycles. The lowest BCUT2D eigenvalue weighted by Gasteiger charge is -2.31. The zero-order valence-electron chi connectivity index (χ0n) is 13.4. The van der Waals surface area contributed by atoms with Gasteiger partial charge in [-0.05, 0) is 19.8 Å². The lowest BCUT2D eigenvalue weighted by atomic mass is 10.0. The van der Waals surface area contributed by atoms with Crippen molar-refractivity contribution < 1.29 is 14.3 Å². The van der Waals surface area contributed by atoms with Crippen molar-refractivity contribution in [2.45, 2.75) is 38.8 Å². The second kappa shape index (κ2) is 6.99. The van der Waals surface area contributed by atoms with E-state index in [0.29, 0.717) is 31.9 Å². The number of aromatic nitrogens is 2. The Labute approximate surface area is 134 Å². The minimum absolute atomic E-state index is 0.0667. The Morgan fingerprint density at radius 1 is 1.39 bits per heavy atom. The molecule has 126 valence electrons. The number of hydrogen-bond donors (Lipinski definition) is 3. The van der Waals surface area contributed by atoms with Gasteiger partial charge in [-0.25, -0.2) is 4.79 Å². The number of ether oxygens (including phenoxy) is 1. The summed E-state index contributed by atoms with van der Waals surface area (Å²) in [6.07, 6.45) is 2.06. The van der Waals surface area contributed by atoms with Crippen LogP contribution in [0.1, 0.15) is 41.5 Å². The van der Waals surface area contributed by atoms with E-state index in [9.17, 15) is 9.59 Å². The van der Waals surface area contributed by atoms with Crippen LogP contribution in [0.25, 0.3) is 0 Å². The number of likely N-dealkylation sites (tertiary alicyclic amines) is 1. The van der Waals surface area contributed by atoms with Gasteiger partial charge < -0.3 is 20.3 Å². The molecule has 0 atom stereocenters. The van der Waals surface area contributed by atoms with Crippen molar-refractivity contribution in [2.24, 2.45) is 0 Å². The smallest absolute Gasteiger partial charge is 0.409 e. The molecular weight excluding hydrogens is 298 g/mol. The van der Waals surface area contributed by atoms with E-state index in [4.69, 9.17) is 4.74 Å². The molecule has 3 heterocycles. The zero-order valence-corrected chi connectivity index (χ0v) is 13.4. The van der Waals surface area contributed by atoms with E-state index in [1.165, 1.54) is 0 Å². The molecular formula is C15H23N5O3. The Morgan fingerprint density at radius 3 is 2.91 bits per heavy atom. The Morgan fingerprint density at radius 2 is 2.17 bits per heavy atom. The standard InChI is InChI=1S/C15H23N5O3/c1-2-23-15(22)20-7-4-10(5-8-20)17-14(21)13-11-9-16-6-3-12(11)18-19-13/h10,16H,2-9H2,1H3,(H,17,21)(H,18,19). The minimum atomic E-state index is -0.273. The normalized spacial score (nSPS) is 18.4. The SMILES string of the molecule is CCOC(=O)N1CCC(NC(=O)c2n[nH]c3c2CNCC3)CC1. The molecule has 1 saturated heterocycles. The van der Waals surface area contributed by atoms with E-state index in [1.54, 1.807) is 11.8 Å². The molecule has 2 aliphatic rings. The van der Waals surface area contributed by atoms with Crippen LogP contribution in [0.15, 0.2) is 0 Å². The summed E-state index contributed by atoms with van der Waals surface area (Å²) in [4.78, 5) is 25.8. The van der Waals surface area contributed by atoms with Crippen LogP contribution in [0, 0.1) is 0 Å². The molecule has 8 heteroatoms. The number of H-pyrrole nitrogens is 1. The number of hydrogen-bond acceptors (Lipinski definition) is 5. The number of amides is 2. The molecule has 1 fully saturated rings. The van der Waals surface area contributed by atoms with Crippen LogP contribution in [0.2, 0.25) is 0 Å². The molecule has 1 aromatic rings. The molecule has 3 rings (SSSR count). The highest BCUT2D eigenvalue weighted by Crippen LogP contribution is 2.17. The fourth-order valence-corrected chi connectivity index (χ4v) is 3.09. The van der Waals surface area contributed by atoms with Gasteiger partial charge >= 0.3 is 6.09 Å². The molecule has 0 aromatic carbocycles. The predicted molar refractivity (Wildman–Crippen MR) is 83.1 cm³/mol. The largest absolute Gasteiger partial charge is 0.450 e. The third-order valence-corrected chi connectivity index (χ3v) is 4.38. The average molecular weight is 321 g/mol. The lowest BCUT2D eigenvalue weighted by Crippen LogP contribution is -2.47. The van der Waals surface area contributed by atoms with Crippen LogP contribution in [-0.2, 0) is 17.7 Å². The fraction of sp³-hybridized carbons (Fsp3) is 0.667. The summed E-state index contributed by atoms with van der Waals surface area (Å²) in [5, 5.41) is 13.4. The van der Waals surface area contributed by atoms with Gasteiger partial charge in [-0.1, -0.05) is 0 Å². The number of aromatic amines is 1. The number of carbonyl (C=O) groups is 2. The predicted octanol–water partition coefficient (Wildman–Crippen LogP) is 0.406. The van der Waals surface area contributed by atoms with Crippen molar-refractivity contribution in [3.63, 3.8) is 0 Å². The molecule has 0 bridgehead atoms. The van der Waals surface area contributed by atoms with Gasteiger partial charge in [0.15, 0.2) is 5.69 Å². The molecule has 2 amide bonds. The van der Waals surface area contributed by atoms with Crippen LogP contribution in [-0.4, -0.2) is 59.4 Å². The molecule has 3 N–H and O–H groups in total. The summed E-state index contributed by atoms with van der Waals surface area (Å²) in [5.74, 6) is -0.138. The van der Waals surface area contributed by atoms with E-state index >= 15 is 0 Å². The first kappa shape index (κ1) is 15.8. The second-order valence-electron chi connectivity index (χ2n) is 5.89. The highest BCUT2D eigenvalue weighted by Gasteiger charge is 2.27. The van der Waals surface area contributed by atoms with Gasteiger partial charge in [0.1, 0.15) is 0 Å². The van der Waals surface area contributed by atoms with E-state index in [1.807, 2.05) is 0 Å². The maximum absolute atomic E-state index is 12.4. The van der Waals surface area contributed by atoms with E-state index in [2.05, 4.69) is 20.8 Å². The maximum atomic E-state index is 12.4. The monoisotopic (exact) mass is 321 g/mol. The average Bonchev–Trinajstić information content (AvgIpc) is 3.00. The van der Waals surface area contributed by atoms with Gasteiger partial charge in [-0.2, -0.15) is 5.10 Å². The number of fused-ring (bicyclic) bond motifs is 1. The van der Waals surface area contributed by atoms with E-state index in [0.717, 1.165) is 37.1 Å². The summed E-state index contributed by atoms with van der Waals surface area (Å²) in [7, 11) is 0. The summed E-state index contributed by atoms with van der Waals surface area (Å²) in [6, 6.07) is 0.0667. The van der Waals surface area contributed by atoms with Gasteiger partial charge in [0.2, 0.25) is 0 Å². The van der Waals surface area contributed by atoms with Crippen LogP contribution >= 0.6 is 0 Å². The number of piperidine rings is 1. The van der Waals surface area contributed by atoms with Crippen LogP contribution in [0.5, 0.6) is 0 Å². The van der Waals surface area contributed by atoms with Crippen LogP contribution < -0.4 is 10.6 Å². The highest BCUT2D eigenvalue weighted by molar-refractivity contribution is 5.94. The maximum Gasteiger partial charge on any atom is 0.409 e. The third kappa shape index (κ3) is 3.47. The quantitative estimate of drug-likeness (QED) is 0.749. The van der Waals surface area contributed by atoms with Crippen LogP contribution in [0.3, 0.4) is 0 Å². The van der Waals surface area contributed by atoms with Crippen molar-refractivity contribution in [3.8, 4) is 0 Å². The Balaban J connectivity index is 1.54. The summed E-state index contributed by atoms with van der Waals surface area (Å²) in [5.41, 5.74) is 2.50. The first-order chi connectivity index (χ1) is 11.2. The summed E-state index contributed by atoms with van der Waals surface area (Å²) in [6.45, 7) is 4.96. The third-order valence-electron chi connectivity index (χ3n) is 4.38. The topological polar surface area (TPSA) is 99.3 Å². The van der Waals surface area contributed by atoms with Crippen molar-refractivity contribution in [1.82, 2.24) is 25.7 Å². The molecule has 2 aliphatic heterocycles. The first-order valence-corrected chi connectivity index (χ1v) is 8.18. The molecule has 0 spiro atoms. The zero-order chi connectivity index (χ0) is 16.2. The molecule has 0 radical (unpaired) electrons. The van der Waals surface area contributed by atoms with Crippen molar-refractivity contribution in [3.05, 3.63) is 17.0 Å². The second-order valence-corrected chi connectivity index (χ2v) is 5.89. The molecule has 0 unspecified atom stereocenters. The van der Waals surface area contributed by atoms with Crippen molar-refractivity contribution in [2.75, 3.05) is 26.2 Å². The van der Waals surface area contributed by atoms with Crippen molar-refractivity contribution in [1.29, 1.82) is 0 Å². The molecule has 8 nitrogen and oxygen atoms in total. The Hall–Kier alpha value is -2.09. The highest BCUT2D eigenvalue weighted by atomic mass is 16.6. The molecule has 0 saturated carbocycles. The first-order valence-electron chi connectivity index (χ1n) is 8.18. The Bertz CT molecular complexity index is 578. The lowest BCUT2D eigenvalue weighted by molar-refractivity contribution is 0.0856. The van der Waals surface area contributed by atoms with Gasteiger partial charge in [0.05, 0.1) is 6.61 Å². The number of carbonyl (C=O) groups excluding carboxylic acids is 2. The van der Waals surface area contributed by atoms with Crippen LogP contribution in [0.4, 0.5) is 4.79 Å². The van der Waals surface area contributed by atoms with Gasteiger partial charge in [0.25, 0.3) is 5.91 Å². The van der Waals surface area contributed by atoms with Gasteiger partial charge in [0, 0.05) is 49.9 Å². The number of nitrogens with one attached hydrogen (secondary N) is 3. The number of rotatable bonds is 3. The molecule has 1 aromatic heterocycles. The summed E-state index contributed by atoms with van der Waals surface area (Å²) < 4.78 is 5.00.